The fourth-order valence-electron chi connectivity index (χ4n) is 3.16. The number of anilines is 1. The smallest absolute Gasteiger partial charge is 0.330 e. The molecule has 1 aromatic carbocycles. The van der Waals surface area contributed by atoms with Gasteiger partial charge in [-0.2, -0.15) is 0 Å². The van der Waals surface area contributed by atoms with Crippen molar-refractivity contribution in [2.75, 3.05) is 38.1 Å². The van der Waals surface area contributed by atoms with Gasteiger partial charge in [0, 0.05) is 18.3 Å². The van der Waals surface area contributed by atoms with Crippen molar-refractivity contribution >= 4 is 23.8 Å². The number of likely N-dealkylation sites (tertiary alicyclic amines) is 1. The lowest BCUT2D eigenvalue weighted by molar-refractivity contribution is -0.137. The largest absolute Gasteiger partial charge is 0.463 e. The third-order valence-corrected chi connectivity index (χ3v) is 4.93. The number of hydrogen-bond acceptors (Lipinski definition) is 4. The molecule has 6 nitrogen and oxygen atoms in total. The number of amides is 2. The number of rotatable bonds is 9. The number of hydrogen-bond donors (Lipinski definition) is 2. The maximum atomic E-state index is 12.0. The fraction of sp³-hybridized carbons (Fsp3) is 0.545. The number of nitrogens with zero attached hydrogens (tertiary/aromatic N) is 1. The van der Waals surface area contributed by atoms with E-state index in [0.717, 1.165) is 30.9 Å². The van der Waals surface area contributed by atoms with Crippen LogP contribution in [0.15, 0.2) is 30.3 Å². The molecule has 0 bridgehead atoms. The molecule has 2 rings (SSSR count). The van der Waals surface area contributed by atoms with Crippen LogP contribution in [0.2, 0.25) is 0 Å². The molecule has 6 heteroatoms. The lowest BCUT2D eigenvalue weighted by Crippen LogP contribution is -2.34. The molecule has 1 heterocycles. The Morgan fingerprint density at radius 1 is 1.18 bits per heavy atom. The van der Waals surface area contributed by atoms with Crippen molar-refractivity contribution in [3.8, 4) is 0 Å². The minimum atomic E-state index is -0.362. The van der Waals surface area contributed by atoms with Crippen LogP contribution in [0.25, 0.3) is 6.08 Å². The lowest BCUT2D eigenvalue weighted by atomic mass is 9.99. The number of unbranched alkanes of at least 4 members (excludes halogenated alkanes) is 1. The molecule has 0 spiro atoms. The van der Waals surface area contributed by atoms with Gasteiger partial charge in [-0.1, -0.05) is 19.1 Å². The third-order valence-electron chi connectivity index (χ3n) is 4.93. The Labute approximate surface area is 168 Å². The van der Waals surface area contributed by atoms with Crippen LogP contribution in [-0.4, -0.2) is 49.7 Å². The first-order chi connectivity index (χ1) is 13.6. The van der Waals surface area contributed by atoms with Crippen LogP contribution in [-0.2, 0) is 9.53 Å². The number of esters is 1. The number of piperidine rings is 1. The molecule has 1 aliphatic rings. The van der Waals surface area contributed by atoms with Gasteiger partial charge in [-0.3, -0.25) is 0 Å². The molecular weight excluding hydrogens is 354 g/mol. The van der Waals surface area contributed by atoms with Crippen LogP contribution < -0.4 is 10.6 Å². The Balaban J connectivity index is 1.60. The molecular formula is C22H33N3O3. The highest BCUT2D eigenvalue weighted by molar-refractivity contribution is 5.90. The van der Waals surface area contributed by atoms with Gasteiger partial charge in [-0.15, -0.1) is 0 Å². The maximum Gasteiger partial charge on any atom is 0.330 e. The van der Waals surface area contributed by atoms with Crippen molar-refractivity contribution in [1.82, 2.24) is 10.2 Å². The van der Waals surface area contributed by atoms with Gasteiger partial charge in [0.2, 0.25) is 0 Å². The molecule has 2 amide bonds. The summed E-state index contributed by atoms with van der Waals surface area (Å²) in [6, 6.07) is 7.10. The Morgan fingerprint density at radius 2 is 1.89 bits per heavy atom. The molecule has 154 valence electrons. The van der Waals surface area contributed by atoms with Crippen molar-refractivity contribution in [1.29, 1.82) is 0 Å². The van der Waals surface area contributed by atoms with Crippen LogP contribution in [0, 0.1) is 5.92 Å². The normalized spacial score (nSPS) is 15.5. The molecule has 2 N–H and O–H groups in total. The number of carbonyl (C=O) groups is 2. The predicted octanol–water partition coefficient (Wildman–Crippen LogP) is 3.90. The van der Waals surface area contributed by atoms with Gasteiger partial charge in [0.1, 0.15) is 0 Å². The molecule has 0 aliphatic carbocycles. The van der Waals surface area contributed by atoms with Crippen molar-refractivity contribution in [2.45, 2.75) is 39.5 Å². The molecule has 28 heavy (non-hydrogen) atoms. The van der Waals surface area contributed by atoms with E-state index < -0.39 is 0 Å². The maximum absolute atomic E-state index is 12.0. The van der Waals surface area contributed by atoms with E-state index in [1.54, 1.807) is 13.0 Å². The highest BCUT2D eigenvalue weighted by atomic mass is 16.5. The zero-order chi connectivity index (χ0) is 20.2. The second kappa shape index (κ2) is 12.2. The van der Waals surface area contributed by atoms with Gasteiger partial charge in [-0.05, 0) is 81.9 Å². The first-order valence-corrected chi connectivity index (χ1v) is 10.3. The van der Waals surface area contributed by atoms with Crippen molar-refractivity contribution in [2.24, 2.45) is 5.92 Å². The second-order valence-corrected chi connectivity index (χ2v) is 7.32. The topological polar surface area (TPSA) is 70.7 Å². The Morgan fingerprint density at radius 3 is 2.57 bits per heavy atom. The molecule has 0 atom stereocenters. The van der Waals surface area contributed by atoms with E-state index in [2.05, 4.69) is 22.5 Å². The SMILES string of the molecule is CCOC(=O)/C=C/c1ccc(NC(=O)NCCCCN2CCC(C)CC2)cc1. The van der Waals surface area contributed by atoms with Crippen LogP contribution in [0.4, 0.5) is 10.5 Å². The number of carbonyl (C=O) groups excluding carboxylic acids is 2. The molecule has 1 fully saturated rings. The monoisotopic (exact) mass is 387 g/mol. The summed E-state index contributed by atoms with van der Waals surface area (Å²) < 4.78 is 4.84. The first kappa shape index (κ1) is 22.0. The average Bonchev–Trinajstić information content (AvgIpc) is 2.69. The van der Waals surface area contributed by atoms with Crippen LogP contribution >= 0.6 is 0 Å². The van der Waals surface area contributed by atoms with Crippen molar-refractivity contribution in [3.63, 3.8) is 0 Å². The Bertz CT molecular complexity index is 635. The summed E-state index contributed by atoms with van der Waals surface area (Å²) in [5.41, 5.74) is 1.58. The second-order valence-electron chi connectivity index (χ2n) is 7.32. The van der Waals surface area contributed by atoms with Crippen molar-refractivity contribution in [3.05, 3.63) is 35.9 Å². The van der Waals surface area contributed by atoms with E-state index in [1.165, 1.54) is 32.0 Å². The number of benzene rings is 1. The first-order valence-electron chi connectivity index (χ1n) is 10.3. The zero-order valence-electron chi connectivity index (χ0n) is 17.1. The standard InChI is InChI=1S/C22H33N3O3/c1-3-28-21(26)11-8-19-6-9-20(10-7-19)24-22(27)23-14-4-5-15-25-16-12-18(2)13-17-25/h6-11,18H,3-5,12-17H2,1-2H3,(H2,23,24,27)/b11-8+. The summed E-state index contributed by atoms with van der Waals surface area (Å²) in [5, 5.41) is 5.72. The Kier molecular flexibility index (Phi) is 9.55. The van der Waals surface area contributed by atoms with E-state index in [-0.39, 0.29) is 12.0 Å². The minimum absolute atomic E-state index is 0.193. The highest BCUT2D eigenvalue weighted by Crippen LogP contribution is 2.16. The van der Waals surface area contributed by atoms with Gasteiger partial charge in [0.15, 0.2) is 0 Å². The molecule has 1 aromatic rings. The van der Waals surface area contributed by atoms with E-state index in [4.69, 9.17) is 4.74 Å². The summed E-state index contributed by atoms with van der Waals surface area (Å²) in [6.45, 7) is 8.67. The summed E-state index contributed by atoms with van der Waals surface area (Å²) >= 11 is 0. The van der Waals surface area contributed by atoms with E-state index in [1.807, 2.05) is 24.3 Å². The number of ether oxygens (including phenoxy) is 1. The third kappa shape index (κ3) is 8.57. The minimum Gasteiger partial charge on any atom is -0.463 e. The lowest BCUT2D eigenvalue weighted by Gasteiger charge is -2.30. The van der Waals surface area contributed by atoms with Gasteiger partial charge in [0.25, 0.3) is 0 Å². The van der Waals surface area contributed by atoms with Crippen LogP contribution in [0.5, 0.6) is 0 Å². The van der Waals surface area contributed by atoms with Crippen LogP contribution in [0.1, 0.15) is 45.1 Å². The Hall–Kier alpha value is -2.34. The molecule has 0 aromatic heterocycles. The van der Waals surface area contributed by atoms with Crippen LogP contribution in [0.3, 0.4) is 0 Å². The highest BCUT2D eigenvalue weighted by Gasteiger charge is 2.14. The number of urea groups is 1. The van der Waals surface area contributed by atoms with Gasteiger partial charge in [-0.25, -0.2) is 9.59 Å². The number of nitrogens with one attached hydrogen (secondary N) is 2. The zero-order valence-corrected chi connectivity index (χ0v) is 17.1. The molecule has 1 saturated heterocycles. The van der Waals surface area contributed by atoms with E-state index in [9.17, 15) is 9.59 Å². The average molecular weight is 388 g/mol. The van der Waals surface area contributed by atoms with Gasteiger partial charge < -0.3 is 20.3 Å². The summed E-state index contributed by atoms with van der Waals surface area (Å²) in [5.74, 6) is 0.503. The molecule has 0 saturated carbocycles. The molecule has 0 unspecified atom stereocenters. The predicted molar refractivity (Wildman–Crippen MR) is 113 cm³/mol. The van der Waals surface area contributed by atoms with E-state index >= 15 is 0 Å². The fourth-order valence-corrected chi connectivity index (χ4v) is 3.16. The summed E-state index contributed by atoms with van der Waals surface area (Å²) in [4.78, 5) is 25.8. The quantitative estimate of drug-likeness (QED) is 0.383. The summed E-state index contributed by atoms with van der Waals surface area (Å²) in [6.07, 6.45) is 7.78. The molecule has 1 aliphatic heterocycles. The van der Waals surface area contributed by atoms with Gasteiger partial charge >= 0.3 is 12.0 Å². The van der Waals surface area contributed by atoms with E-state index in [0.29, 0.717) is 18.8 Å². The summed E-state index contributed by atoms with van der Waals surface area (Å²) in [7, 11) is 0. The molecule has 0 radical (unpaired) electrons. The van der Waals surface area contributed by atoms with Crippen molar-refractivity contribution < 1.29 is 14.3 Å². The van der Waals surface area contributed by atoms with Gasteiger partial charge in [0.05, 0.1) is 6.61 Å².